The number of halogens is 1. The normalized spacial score (nSPS) is 13.8. The molecule has 30 heavy (non-hydrogen) atoms. The number of esters is 1. The van der Waals surface area contributed by atoms with Gasteiger partial charge >= 0.3 is 5.97 Å². The molecule has 1 aliphatic rings. The molecule has 3 heterocycles. The van der Waals surface area contributed by atoms with Gasteiger partial charge < -0.3 is 9.64 Å². The zero-order valence-corrected chi connectivity index (χ0v) is 16.3. The summed E-state index contributed by atoms with van der Waals surface area (Å²) in [4.78, 5) is 24.2. The number of benzene rings is 2. The first-order valence-electron chi connectivity index (χ1n) is 10.0. The van der Waals surface area contributed by atoms with Crippen molar-refractivity contribution in [3.05, 3.63) is 77.7 Å². The fourth-order valence-electron chi connectivity index (χ4n) is 3.96. The lowest BCUT2D eigenvalue weighted by atomic mass is 10.1. The van der Waals surface area contributed by atoms with Crippen molar-refractivity contribution in [1.82, 2.24) is 9.97 Å². The molecule has 4 aromatic rings. The third-order valence-corrected chi connectivity index (χ3v) is 5.49. The van der Waals surface area contributed by atoms with Gasteiger partial charge in [0.2, 0.25) is 0 Å². The van der Waals surface area contributed by atoms with Crippen LogP contribution in [0.3, 0.4) is 0 Å². The highest BCUT2D eigenvalue weighted by Gasteiger charge is 2.23. The van der Waals surface area contributed by atoms with Crippen LogP contribution in [0, 0.1) is 5.82 Å². The summed E-state index contributed by atoms with van der Waals surface area (Å²) in [5.74, 6) is -0.120. The zero-order chi connectivity index (χ0) is 20.5. The Morgan fingerprint density at radius 3 is 2.77 bits per heavy atom. The number of nitrogens with zero attached hydrogens (tertiary/aromatic N) is 3. The highest BCUT2D eigenvalue weighted by Crippen LogP contribution is 2.28. The Morgan fingerprint density at radius 1 is 1.07 bits per heavy atom. The van der Waals surface area contributed by atoms with Crippen LogP contribution in [-0.2, 0) is 11.3 Å². The molecule has 6 heteroatoms. The number of para-hydroxylation sites is 1. The standard InChI is InChI=1S/C24H20FN3O2/c25-20-10-9-17(22-18(20)7-5-11-26-22)15-30-24(29)19-14-16-6-1-2-8-21(16)27-23(19)28-12-3-4-13-28/h1-2,5-11,14H,3-4,12-13,15H2. The van der Waals surface area contributed by atoms with E-state index in [4.69, 9.17) is 9.72 Å². The molecule has 0 amide bonds. The summed E-state index contributed by atoms with van der Waals surface area (Å²) in [5, 5.41) is 1.30. The van der Waals surface area contributed by atoms with E-state index in [1.54, 1.807) is 24.4 Å². The van der Waals surface area contributed by atoms with Crippen molar-refractivity contribution in [2.24, 2.45) is 0 Å². The van der Waals surface area contributed by atoms with E-state index in [-0.39, 0.29) is 12.4 Å². The fraction of sp³-hybridized carbons (Fsp3) is 0.208. The van der Waals surface area contributed by atoms with Gasteiger partial charge in [-0.3, -0.25) is 4.98 Å². The Morgan fingerprint density at radius 2 is 1.90 bits per heavy atom. The van der Waals surface area contributed by atoms with Gasteiger partial charge in [0.05, 0.1) is 11.0 Å². The molecule has 1 aliphatic heterocycles. The maximum absolute atomic E-state index is 14.0. The van der Waals surface area contributed by atoms with Crippen LogP contribution in [0.5, 0.6) is 0 Å². The van der Waals surface area contributed by atoms with Crippen LogP contribution in [0.1, 0.15) is 28.8 Å². The molecule has 0 atom stereocenters. The SMILES string of the molecule is O=C(OCc1ccc(F)c2cccnc12)c1cc2ccccc2nc1N1CCCC1. The minimum atomic E-state index is -0.441. The largest absolute Gasteiger partial charge is 0.457 e. The minimum Gasteiger partial charge on any atom is -0.457 e. The summed E-state index contributed by atoms with van der Waals surface area (Å²) in [6.45, 7) is 1.76. The van der Waals surface area contributed by atoms with Gasteiger partial charge in [-0.25, -0.2) is 14.2 Å². The van der Waals surface area contributed by atoms with E-state index in [1.165, 1.54) is 6.07 Å². The molecule has 0 aliphatic carbocycles. The second-order valence-corrected chi connectivity index (χ2v) is 7.43. The van der Waals surface area contributed by atoms with Gasteiger partial charge in [0.15, 0.2) is 0 Å². The van der Waals surface area contributed by atoms with Gasteiger partial charge in [-0.05, 0) is 43.2 Å². The number of anilines is 1. The summed E-state index contributed by atoms with van der Waals surface area (Å²) in [6.07, 6.45) is 3.76. The molecular formula is C24H20FN3O2. The highest BCUT2D eigenvalue weighted by atomic mass is 19.1. The van der Waals surface area contributed by atoms with E-state index < -0.39 is 5.97 Å². The molecule has 0 spiro atoms. The Hall–Kier alpha value is -3.54. The van der Waals surface area contributed by atoms with Crippen molar-refractivity contribution in [3.8, 4) is 0 Å². The first-order chi connectivity index (χ1) is 14.7. The van der Waals surface area contributed by atoms with Crippen molar-refractivity contribution in [3.63, 3.8) is 0 Å². The van der Waals surface area contributed by atoms with Crippen molar-refractivity contribution < 1.29 is 13.9 Å². The molecule has 0 unspecified atom stereocenters. The first kappa shape index (κ1) is 18.5. The molecule has 5 rings (SSSR count). The van der Waals surface area contributed by atoms with E-state index in [2.05, 4.69) is 9.88 Å². The molecule has 150 valence electrons. The van der Waals surface area contributed by atoms with E-state index in [0.29, 0.717) is 27.8 Å². The van der Waals surface area contributed by atoms with Crippen LogP contribution in [0.4, 0.5) is 10.2 Å². The molecule has 5 nitrogen and oxygen atoms in total. The predicted molar refractivity (Wildman–Crippen MR) is 114 cm³/mol. The van der Waals surface area contributed by atoms with Gasteiger partial charge in [0, 0.05) is 35.6 Å². The van der Waals surface area contributed by atoms with Gasteiger partial charge in [-0.15, -0.1) is 0 Å². The summed E-state index contributed by atoms with van der Waals surface area (Å²) >= 11 is 0. The molecule has 0 radical (unpaired) electrons. The van der Waals surface area contributed by atoms with Crippen LogP contribution < -0.4 is 4.90 Å². The van der Waals surface area contributed by atoms with E-state index >= 15 is 0 Å². The number of hydrogen-bond donors (Lipinski definition) is 0. The summed E-state index contributed by atoms with van der Waals surface area (Å²) in [5.41, 5.74) is 2.47. The van der Waals surface area contributed by atoms with Gasteiger partial charge in [0.1, 0.15) is 23.8 Å². The van der Waals surface area contributed by atoms with Crippen LogP contribution in [-0.4, -0.2) is 29.0 Å². The number of rotatable bonds is 4. The highest BCUT2D eigenvalue weighted by molar-refractivity contribution is 5.99. The van der Waals surface area contributed by atoms with Crippen LogP contribution >= 0.6 is 0 Å². The molecule has 2 aromatic carbocycles. The maximum Gasteiger partial charge on any atom is 0.342 e. The lowest BCUT2D eigenvalue weighted by Crippen LogP contribution is -2.23. The Bertz CT molecular complexity index is 1250. The molecule has 0 N–H and O–H groups in total. The maximum atomic E-state index is 14.0. The Balaban J connectivity index is 1.48. The van der Waals surface area contributed by atoms with Crippen LogP contribution in [0.25, 0.3) is 21.8 Å². The molecule has 1 fully saturated rings. The summed E-state index contributed by atoms with van der Waals surface area (Å²) in [6, 6.07) is 15.9. The van der Waals surface area contributed by atoms with Gasteiger partial charge in [-0.2, -0.15) is 0 Å². The van der Waals surface area contributed by atoms with Crippen molar-refractivity contribution in [2.45, 2.75) is 19.4 Å². The second-order valence-electron chi connectivity index (χ2n) is 7.43. The van der Waals surface area contributed by atoms with Crippen molar-refractivity contribution in [2.75, 3.05) is 18.0 Å². The van der Waals surface area contributed by atoms with Crippen LogP contribution in [0.2, 0.25) is 0 Å². The summed E-state index contributed by atoms with van der Waals surface area (Å²) < 4.78 is 19.7. The third-order valence-electron chi connectivity index (χ3n) is 5.49. The fourth-order valence-corrected chi connectivity index (χ4v) is 3.96. The van der Waals surface area contributed by atoms with Gasteiger partial charge in [0.25, 0.3) is 0 Å². The van der Waals surface area contributed by atoms with Crippen molar-refractivity contribution >= 4 is 33.6 Å². The predicted octanol–water partition coefficient (Wildman–Crippen LogP) is 4.88. The molecule has 0 bridgehead atoms. The van der Waals surface area contributed by atoms with Crippen LogP contribution in [0.15, 0.2) is 60.8 Å². The number of carbonyl (C=O) groups excluding carboxylic acids is 1. The smallest absolute Gasteiger partial charge is 0.342 e. The quantitative estimate of drug-likeness (QED) is 0.456. The van der Waals surface area contributed by atoms with Gasteiger partial charge in [-0.1, -0.05) is 24.3 Å². The van der Waals surface area contributed by atoms with E-state index in [9.17, 15) is 9.18 Å². The zero-order valence-electron chi connectivity index (χ0n) is 16.3. The Kier molecular flexibility index (Phi) is 4.75. The van der Waals surface area contributed by atoms with E-state index in [0.717, 1.165) is 36.8 Å². The van der Waals surface area contributed by atoms with Crippen molar-refractivity contribution in [1.29, 1.82) is 0 Å². The monoisotopic (exact) mass is 401 g/mol. The number of fused-ring (bicyclic) bond motifs is 2. The minimum absolute atomic E-state index is 0.0128. The lowest BCUT2D eigenvalue weighted by molar-refractivity contribution is 0.0475. The average molecular weight is 401 g/mol. The molecule has 2 aromatic heterocycles. The lowest BCUT2D eigenvalue weighted by Gasteiger charge is -2.20. The van der Waals surface area contributed by atoms with E-state index in [1.807, 2.05) is 30.3 Å². The number of carbonyl (C=O) groups is 1. The molecule has 1 saturated heterocycles. The second kappa shape index (κ2) is 7.71. The Labute approximate surface area is 173 Å². The molecular weight excluding hydrogens is 381 g/mol. The number of hydrogen-bond acceptors (Lipinski definition) is 5. The summed E-state index contributed by atoms with van der Waals surface area (Å²) in [7, 11) is 0. The number of pyridine rings is 2. The molecule has 0 saturated carbocycles. The topological polar surface area (TPSA) is 55.3 Å². The first-order valence-corrected chi connectivity index (χ1v) is 10.0. The number of ether oxygens (including phenoxy) is 1. The average Bonchev–Trinajstić information content (AvgIpc) is 3.33. The third kappa shape index (κ3) is 3.34. The number of aromatic nitrogens is 2.